The number of likely N-dealkylation sites (tertiary alicyclic amines) is 1. The predicted molar refractivity (Wildman–Crippen MR) is 131 cm³/mol. The van der Waals surface area contributed by atoms with E-state index < -0.39 is 5.25 Å². The second-order valence-electron chi connectivity index (χ2n) is 8.29. The average Bonchev–Trinajstić information content (AvgIpc) is 3.59. The summed E-state index contributed by atoms with van der Waals surface area (Å²) in [6.45, 7) is 4.24. The third-order valence-electron chi connectivity index (χ3n) is 5.81. The van der Waals surface area contributed by atoms with Crippen molar-refractivity contribution in [2.45, 2.75) is 30.9 Å². The highest BCUT2D eigenvalue weighted by molar-refractivity contribution is 7.80. The molecule has 0 amide bonds. The van der Waals surface area contributed by atoms with Crippen molar-refractivity contribution in [2.24, 2.45) is 0 Å². The third kappa shape index (κ3) is 5.48. The van der Waals surface area contributed by atoms with Crippen LogP contribution in [0.1, 0.15) is 42.7 Å². The van der Waals surface area contributed by atoms with E-state index in [0.29, 0.717) is 30.2 Å². The van der Waals surface area contributed by atoms with E-state index in [2.05, 4.69) is 37.9 Å². The van der Waals surface area contributed by atoms with Gasteiger partial charge in [0.15, 0.2) is 5.25 Å². The molecule has 3 heterocycles. The van der Waals surface area contributed by atoms with Gasteiger partial charge in [-0.15, -0.1) is 20.4 Å². The predicted octanol–water partition coefficient (Wildman–Crippen LogP) is 5.06. The highest BCUT2D eigenvalue weighted by Crippen LogP contribution is 2.31. The fourth-order valence-corrected chi connectivity index (χ4v) is 4.17. The van der Waals surface area contributed by atoms with Gasteiger partial charge in [-0.3, -0.25) is 0 Å². The molecule has 1 fully saturated rings. The Balaban J connectivity index is 1.16. The Kier molecular flexibility index (Phi) is 7.21. The minimum atomic E-state index is -0.617. The number of ether oxygens (including phenoxy) is 1. The Bertz CT molecular complexity index is 1170. The van der Waals surface area contributed by atoms with Crippen LogP contribution in [0.2, 0.25) is 0 Å². The molecule has 5 rings (SSSR count). The van der Waals surface area contributed by atoms with E-state index in [1.165, 1.54) is 32.4 Å². The summed E-state index contributed by atoms with van der Waals surface area (Å²) in [5.41, 5.74) is 1.64. The van der Waals surface area contributed by atoms with Crippen molar-refractivity contribution in [3.8, 4) is 28.7 Å². The number of hydrogen-bond acceptors (Lipinski definition) is 9. The van der Waals surface area contributed by atoms with E-state index in [1.54, 1.807) is 0 Å². The molecule has 0 N–H and O–H groups in total. The molecule has 0 aliphatic carbocycles. The molecular formula is C25H27N5O3S. The summed E-state index contributed by atoms with van der Waals surface area (Å²) in [7, 11) is 0. The Morgan fingerprint density at radius 2 is 1.41 bits per heavy atom. The fraction of sp³-hybridized carbons (Fsp3) is 0.360. The van der Waals surface area contributed by atoms with Crippen molar-refractivity contribution in [1.29, 1.82) is 0 Å². The number of aromatic nitrogens is 4. The topological polar surface area (TPSA) is 90.3 Å². The monoisotopic (exact) mass is 477 g/mol. The standard InChI is InChI=1S/C25H27N5O3S/c34-21(24-28-26-22(32-24)18-8-3-1-4-9-18)25-29-27-23(33-25)19-10-12-20(13-11-19)31-17-7-16-30-14-5-2-6-15-30/h1,3-4,8-13,21,34H,2,5-7,14-17H2. The summed E-state index contributed by atoms with van der Waals surface area (Å²) < 4.78 is 17.5. The molecule has 176 valence electrons. The minimum Gasteiger partial charge on any atom is -0.494 e. The number of nitrogens with zero attached hydrogens (tertiary/aromatic N) is 5. The maximum atomic E-state index is 5.89. The van der Waals surface area contributed by atoms with Crippen LogP contribution in [0.5, 0.6) is 5.75 Å². The maximum Gasteiger partial charge on any atom is 0.247 e. The van der Waals surface area contributed by atoms with Crippen molar-refractivity contribution in [3.05, 3.63) is 66.4 Å². The number of rotatable bonds is 9. The lowest BCUT2D eigenvalue weighted by molar-refractivity contribution is 0.205. The Morgan fingerprint density at radius 1 is 0.794 bits per heavy atom. The van der Waals surface area contributed by atoms with Crippen LogP contribution in [-0.2, 0) is 0 Å². The number of piperidine rings is 1. The smallest absolute Gasteiger partial charge is 0.247 e. The van der Waals surface area contributed by atoms with Crippen LogP contribution >= 0.6 is 12.6 Å². The van der Waals surface area contributed by atoms with Crippen LogP contribution in [-0.4, -0.2) is 51.5 Å². The van der Waals surface area contributed by atoms with Gasteiger partial charge in [0.25, 0.3) is 0 Å². The van der Waals surface area contributed by atoms with E-state index >= 15 is 0 Å². The normalized spacial score (nSPS) is 15.3. The first-order valence-electron chi connectivity index (χ1n) is 11.6. The van der Waals surface area contributed by atoms with Gasteiger partial charge >= 0.3 is 0 Å². The van der Waals surface area contributed by atoms with Crippen LogP contribution in [0.25, 0.3) is 22.9 Å². The summed E-state index contributed by atoms with van der Waals surface area (Å²) in [6.07, 6.45) is 5.02. The molecule has 34 heavy (non-hydrogen) atoms. The zero-order chi connectivity index (χ0) is 23.2. The summed E-state index contributed by atoms with van der Waals surface area (Å²) >= 11 is 4.55. The molecule has 2 aromatic heterocycles. The van der Waals surface area contributed by atoms with Crippen molar-refractivity contribution in [2.75, 3.05) is 26.2 Å². The van der Waals surface area contributed by atoms with Crippen molar-refractivity contribution < 1.29 is 13.6 Å². The summed E-state index contributed by atoms with van der Waals surface area (Å²) in [5, 5.41) is 15.8. The first-order chi connectivity index (χ1) is 16.8. The molecule has 9 heteroatoms. The molecule has 1 saturated heterocycles. The molecule has 4 aromatic rings. The van der Waals surface area contributed by atoms with Crippen LogP contribution in [0.3, 0.4) is 0 Å². The van der Waals surface area contributed by atoms with Gasteiger partial charge in [-0.1, -0.05) is 24.6 Å². The molecule has 1 unspecified atom stereocenters. The molecule has 0 bridgehead atoms. The average molecular weight is 478 g/mol. The Labute approximate surface area is 203 Å². The van der Waals surface area contributed by atoms with Gasteiger partial charge in [0.1, 0.15) is 5.75 Å². The van der Waals surface area contributed by atoms with E-state index in [-0.39, 0.29) is 0 Å². The second kappa shape index (κ2) is 10.8. The van der Waals surface area contributed by atoms with Gasteiger partial charge in [-0.2, -0.15) is 12.6 Å². The second-order valence-corrected chi connectivity index (χ2v) is 8.80. The quantitative estimate of drug-likeness (QED) is 0.264. The van der Waals surface area contributed by atoms with Crippen molar-refractivity contribution in [1.82, 2.24) is 25.3 Å². The van der Waals surface area contributed by atoms with E-state index in [0.717, 1.165) is 29.8 Å². The summed E-state index contributed by atoms with van der Waals surface area (Å²) in [5.74, 6) is 2.23. The number of hydrogen-bond donors (Lipinski definition) is 1. The third-order valence-corrected chi connectivity index (χ3v) is 6.25. The SMILES string of the molecule is SC(c1nnc(-c2ccccc2)o1)c1nnc(-c2ccc(OCCCN3CCCCC3)cc2)o1. The Morgan fingerprint density at radius 3 is 2.06 bits per heavy atom. The fourth-order valence-electron chi connectivity index (χ4n) is 3.96. The van der Waals surface area contributed by atoms with Gasteiger partial charge in [0.2, 0.25) is 23.6 Å². The first-order valence-corrected chi connectivity index (χ1v) is 12.1. The molecular weight excluding hydrogens is 450 g/mol. The molecule has 1 aliphatic rings. The maximum absolute atomic E-state index is 5.89. The van der Waals surface area contributed by atoms with E-state index in [1.807, 2.05) is 54.6 Å². The molecule has 1 aliphatic heterocycles. The molecule has 2 aromatic carbocycles. The van der Waals surface area contributed by atoms with Gasteiger partial charge < -0.3 is 18.5 Å². The van der Waals surface area contributed by atoms with Crippen LogP contribution in [0, 0.1) is 0 Å². The highest BCUT2D eigenvalue weighted by Gasteiger charge is 2.24. The zero-order valence-corrected chi connectivity index (χ0v) is 19.7. The van der Waals surface area contributed by atoms with Crippen molar-refractivity contribution >= 4 is 12.6 Å². The Hall–Kier alpha value is -3.17. The summed E-state index contributed by atoms with van der Waals surface area (Å²) in [6, 6.07) is 17.2. The molecule has 0 spiro atoms. The van der Waals surface area contributed by atoms with Gasteiger partial charge in [0.05, 0.1) is 6.61 Å². The van der Waals surface area contributed by atoms with Crippen LogP contribution in [0.4, 0.5) is 0 Å². The number of thiol groups is 1. The van der Waals surface area contributed by atoms with Gasteiger partial charge in [-0.05, 0) is 68.8 Å². The lowest BCUT2D eigenvalue weighted by Crippen LogP contribution is -2.31. The molecule has 1 atom stereocenters. The summed E-state index contributed by atoms with van der Waals surface area (Å²) in [4.78, 5) is 2.52. The van der Waals surface area contributed by atoms with Crippen molar-refractivity contribution in [3.63, 3.8) is 0 Å². The van der Waals surface area contributed by atoms with Crippen LogP contribution < -0.4 is 4.74 Å². The zero-order valence-electron chi connectivity index (χ0n) is 18.8. The van der Waals surface area contributed by atoms with E-state index in [9.17, 15) is 0 Å². The minimum absolute atomic E-state index is 0.291. The molecule has 8 nitrogen and oxygen atoms in total. The molecule has 0 radical (unpaired) electrons. The lowest BCUT2D eigenvalue weighted by Gasteiger charge is -2.26. The van der Waals surface area contributed by atoms with E-state index in [4.69, 9.17) is 13.6 Å². The van der Waals surface area contributed by atoms with Gasteiger partial charge in [-0.25, -0.2) is 0 Å². The van der Waals surface area contributed by atoms with Crippen LogP contribution in [0.15, 0.2) is 63.4 Å². The largest absolute Gasteiger partial charge is 0.494 e. The lowest BCUT2D eigenvalue weighted by atomic mass is 10.1. The first kappa shape index (κ1) is 22.6. The van der Waals surface area contributed by atoms with Gasteiger partial charge in [0, 0.05) is 17.7 Å². The molecule has 0 saturated carbocycles. The number of benzene rings is 2. The highest BCUT2D eigenvalue weighted by atomic mass is 32.1.